The molecule has 2 unspecified atom stereocenters. The molecule has 1 fully saturated rings. The van der Waals surface area contributed by atoms with Gasteiger partial charge in [-0.3, -0.25) is 19.0 Å². The molecule has 2 atom stereocenters. The first-order valence-corrected chi connectivity index (χ1v) is 12.6. The van der Waals surface area contributed by atoms with Crippen LogP contribution in [0.1, 0.15) is 34.9 Å². The molecule has 1 saturated heterocycles. The van der Waals surface area contributed by atoms with Crippen molar-refractivity contribution in [1.29, 1.82) is 0 Å². The lowest BCUT2D eigenvalue weighted by Gasteiger charge is -2.15. The summed E-state index contributed by atoms with van der Waals surface area (Å²) in [5.41, 5.74) is 4.53. The van der Waals surface area contributed by atoms with Crippen LogP contribution in [-0.2, 0) is 31.6 Å². The van der Waals surface area contributed by atoms with Crippen LogP contribution in [0, 0.1) is 0 Å². The third kappa shape index (κ3) is 3.24. The largest absolute Gasteiger partial charge is 0.471 e. The molecular weight excluding hydrogens is 457 g/mol. The lowest BCUT2D eigenvalue weighted by atomic mass is 9.83. The van der Waals surface area contributed by atoms with Gasteiger partial charge in [0.05, 0.1) is 17.4 Å². The molecule has 2 amide bonds. The zero-order valence-electron chi connectivity index (χ0n) is 18.0. The van der Waals surface area contributed by atoms with Gasteiger partial charge in [0.1, 0.15) is 6.73 Å². The highest BCUT2D eigenvalue weighted by molar-refractivity contribution is 7.46. The third-order valence-corrected chi connectivity index (χ3v) is 7.35. The standard InChI is InChI=1S/C24H22N3O6P/c28-23-20(17-11-25-19-9-2-1-7-15(17)19)21(24(29)27(23)13-33-34(30,31)32)18-12-26-10-4-6-14-5-3-8-16(18)22(14)26/h1-3,5,7-9,11-12,20-21,25H,4,6,10,13H2,(H2,30,31,32). The smallest absolute Gasteiger partial charge is 0.361 e. The number of hydrogen-bond donors (Lipinski definition) is 3. The van der Waals surface area contributed by atoms with E-state index in [0.29, 0.717) is 5.56 Å². The maximum absolute atomic E-state index is 13.7. The van der Waals surface area contributed by atoms with Crippen LogP contribution >= 0.6 is 7.82 Å². The molecule has 10 heteroatoms. The molecule has 4 aromatic rings. The Bertz CT molecular complexity index is 1520. The van der Waals surface area contributed by atoms with E-state index in [-0.39, 0.29) is 0 Å². The van der Waals surface area contributed by atoms with E-state index < -0.39 is 38.2 Å². The average Bonchev–Trinajstić information content (AvgIpc) is 3.46. The number of rotatable bonds is 5. The van der Waals surface area contributed by atoms with Gasteiger partial charge in [0.2, 0.25) is 11.8 Å². The third-order valence-electron chi connectivity index (χ3n) is 6.90. The van der Waals surface area contributed by atoms with Crippen molar-refractivity contribution in [1.82, 2.24) is 14.5 Å². The number of aromatic amines is 1. The van der Waals surface area contributed by atoms with Crippen LogP contribution in [0.2, 0.25) is 0 Å². The highest BCUT2D eigenvalue weighted by Crippen LogP contribution is 2.47. The van der Waals surface area contributed by atoms with E-state index in [1.165, 1.54) is 5.56 Å². The monoisotopic (exact) mass is 479 g/mol. The lowest BCUT2D eigenvalue weighted by molar-refractivity contribution is -0.142. The summed E-state index contributed by atoms with van der Waals surface area (Å²) in [4.78, 5) is 49.6. The number of carbonyl (C=O) groups excluding carboxylic acids is 2. The number of para-hydroxylation sites is 2. The van der Waals surface area contributed by atoms with Crippen LogP contribution in [0.25, 0.3) is 21.8 Å². The molecule has 6 rings (SSSR count). The van der Waals surface area contributed by atoms with Crippen molar-refractivity contribution in [3.05, 3.63) is 71.5 Å². The summed E-state index contributed by atoms with van der Waals surface area (Å²) in [5, 5.41) is 1.75. The molecule has 9 nitrogen and oxygen atoms in total. The van der Waals surface area contributed by atoms with Gasteiger partial charge in [-0.15, -0.1) is 0 Å². The van der Waals surface area contributed by atoms with Crippen LogP contribution in [-0.4, -0.2) is 42.8 Å². The fourth-order valence-electron chi connectivity index (χ4n) is 5.50. The van der Waals surface area contributed by atoms with Crippen molar-refractivity contribution in [2.75, 3.05) is 6.73 Å². The zero-order valence-corrected chi connectivity index (χ0v) is 18.9. The number of nitrogens with zero attached hydrogens (tertiary/aromatic N) is 2. The molecule has 34 heavy (non-hydrogen) atoms. The molecule has 2 aromatic heterocycles. The highest BCUT2D eigenvalue weighted by Gasteiger charge is 2.51. The van der Waals surface area contributed by atoms with Gasteiger partial charge in [0, 0.05) is 35.2 Å². The zero-order chi connectivity index (χ0) is 23.6. The second-order valence-corrected chi connectivity index (χ2v) is 10.0. The van der Waals surface area contributed by atoms with Gasteiger partial charge in [-0.25, -0.2) is 4.57 Å². The Hall–Kier alpha value is -3.23. The normalized spacial score (nSPS) is 20.7. The first-order chi connectivity index (χ1) is 16.3. The minimum Gasteiger partial charge on any atom is -0.361 e. The predicted molar refractivity (Wildman–Crippen MR) is 124 cm³/mol. The number of nitrogens with one attached hydrogen (secondary N) is 1. The van der Waals surface area contributed by atoms with Crippen LogP contribution in [0.3, 0.4) is 0 Å². The Labute approximate surface area is 194 Å². The van der Waals surface area contributed by atoms with Crippen molar-refractivity contribution in [3.8, 4) is 0 Å². The first-order valence-electron chi connectivity index (χ1n) is 11.1. The number of imide groups is 1. The van der Waals surface area contributed by atoms with E-state index in [9.17, 15) is 23.9 Å². The molecule has 3 N–H and O–H groups in total. The number of fused-ring (bicyclic) bond motifs is 1. The molecule has 2 aliphatic rings. The van der Waals surface area contributed by atoms with Gasteiger partial charge in [0.25, 0.3) is 0 Å². The van der Waals surface area contributed by atoms with Crippen LogP contribution < -0.4 is 0 Å². The number of likely N-dealkylation sites (tertiary alicyclic amines) is 1. The van der Waals surface area contributed by atoms with E-state index in [1.807, 2.05) is 42.6 Å². The van der Waals surface area contributed by atoms with Gasteiger partial charge in [-0.05, 0) is 35.6 Å². The SMILES string of the molecule is O=C1C(c2c[nH]c3ccccc23)C(c2cn3c4c(cccc24)CCC3)C(=O)N1COP(=O)(O)O. The van der Waals surface area contributed by atoms with Gasteiger partial charge >= 0.3 is 7.82 Å². The minimum atomic E-state index is -4.88. The number of benzene rings is 2. The molecule has 174 valence electrons. The number of phosphoric ester groups is 1. The van der Waals surface area contributed by atoms with Crippen LogP contribution in [0.4, 0.5) is 0 Å². The molecule has 0 radical (unpaired) electrons. The Morgan fingerprint density at radius 1 is 1.00 bits per heavy atom. The summed E-state index contributed by atoms with van der Waals surface area (Å²) >= 11 is 0. The molecular formula is C24H22N3O6P. The van der Waals surface area contributed by atoms with Crippen LogP contribution in [0.5, 0.6) is 0 Å². The first kappa shape index (κ1) is 21.3. The Morgan fingerprint density at radius 2 is 1.74 bits per heavy atom. The quantitative estimate of drug-likeness (QED) is 0.298. The van der Waals surface area contributed by atoms with E-state index >= 15 is 0 Å². The lowest BCUT2D eigenvalue weighted by Crippen LogP contribution is -2.32. The van der Waals surface area contributed by atoms with Crippen molar-refractivity contribution in [2.24, 2.45) is 0 Å². The fraction of sp³-hybridized carbons (Fsp3) is 0.250. The Kier molecular flexibility index (Phi) is 4.79. The second-order valence-electron chi connectivity index (χ2n) is 8.79. The number of aryl methyl sites for hydroxylation is 2. The van der Waals surface area contributed by atoms with Gasteiger partial charge in [-0.1, -0.05) is 36.4 Å². The highest BCUT2D eigenvalue weighted by atomic mass is 31.2. The molecule has 0 saturated carbocycles. The minimum absolute atomic E-state index is 0.530. The van der Waals surface area contributed by atoms with Gasteiger partial charge in [-0.2, -0.15) is 0 Å². The maximum Gasteiger partial charge on any atom is 0.471 e. The predicted octanol–water partition coefficient (Wildman–Crippen LogP) is 3.37. The van der Waals surface area contributed by atoms with Gasteiger partial charge < -0.3 is 19.3 Å². The van der Waals surface area contributed by atoms with E-state index in [4.69, 9.17) is 0 Å². The molecule has 2 aliphatic heterocycles. The van der Waals surface area contributed by atoms with Crippen molar-refractivity contribution in [2.45, 2.75) is 31.2 Å². The Balaban J connectivity index is 1.53. The topological polar surface area (TPSA) is 125 Å². The maximum atomic E-state index is 13.7. The summed E-state index contributed by atoms with van der Waals surface area (Å²) in [6, 6.07) is 13.5. The van der Waals surface area contributed by atoms with Crippen LogP contribution in [0.15, 0.2) is 54.9 Å². The summed E-state index contributed by atoms with van der Waals surface area (Å²) < 4.78 is 18.0. The molecule has 0 spiro atoms. The summed E-state index contributed by atoms with van der Waals surface area (Å²) in [5.74, 6) is -2.77. The fourth-order valence-corrected chi connectivity index (χ4v) is 5.76. The van der Waals surface area contributed by atoms with E-state index in [1.54, 1.807) is 6.20 Å². The molecule has 0 aliphatic carbocycles. The number of carbonyl (C=O) groups is 2. The number of aromatic nitrogens is 2. The van der Waals surface area contributed by atoms with E-state index in [2.05, 4.69) is 20.1 Å². The molecule has 0 bridgehead atoms. The number of H-pyrrole nitrogens is 1. The van der Waals surface area contributed by atoms with Gasteiger partial charge in [0.15, 0.2) is 0 Å². The van der Waals surface area contributed by atoms with Crippen molar-refractivity contribution < 1.29 is 28.5 Å². The van der Waals surface area contributed by atoms with Crippen molar-refractivity contribution in [3.63, 3.8) is 0 Å². The summed E-state index contributed by atoms with van der Waals surface area (Å²) in [6.07, 6.45) is 5.64. The summed E-state index contributed by atoms with van der Waals surface area (Å²) in [7, 11) is -4.88. The number of amides is 2. The van der Waals surface area contributed by atoms with Crippen molar-refractivity contribution >= 4 is 41.4 Å². The summed E-state index contributed by atoms with van der Waals surface area (Å²) in [6.45, 7) is 0.0202. The van der Waals surface area contributed by atoms with E-state index in [0.717, 1.165) is 51.7 Å². The average molecular weight is 479 g/mol. The number of hydrogen-bond acceptors (Lipinski definition) is 4. The molecule has 4 heterocycles. The Morgan fingerprint density at radius 3 is 2.53 bits per heavy atom. The number of phosphoric acid groups is 1. The second kappa shape index (κ2) is 7.65. The molecule has 2 aromatic carbocycles.